The van der Waals surface area contributed by atoms with E-state index in [1.54, 1.807) is 41.2 Å². The molecule has 4 heterocycles. The van der Waals surface area contributed by atoms with Crippen LogP contribution >= 0.6 is 23.2 Å². The Bertz CT molecular complexity index is 1480. The first-order valence-electron chi connectivity index (χ1n) is 13.1. The van der Waals surface area contributed by atoms with Crippen LogP contribution in [-0.4, -0.2) is 58.9 Å². The Kier molecular flexibility index (Phi) is 8.67. The second-order valence-corrected chi connectivity index (χ2v) is 10.2. The quantitative estimate of drug-likeness (QED) is 0.244. The number of rotatable bonds is 10. The van der Waals surface area contributed by atoms with Crippen LogP contribution in [-0.2, 0) is 4.74 Å². The van der Waals surface area contributed by atoms with Gasteiger partial charge in [0.15, 0.2) is 0 Å². The van der Waals surface area contributed by atoms with Gasteiger partial charge in [0.2, 0.25) is 0 Å². The molecule has 3 aromatic heterocycles. The Labute approximate surface area is 237 Å². The predicted molar refractivity (Wildman–Crippen MR) is 157 cm³/mol. The summed E-state index contributed by atoms with van der Waals surface area (Å²) >= 11 is 13.0. The van der Waals surface area contributed by atoms with E-state index >= 15 is 0 Å². The minimum atomic E-state index is -0.172. The lowest BCUT2D eigenvalue weighted by Crippen LogP contribution is -2.27. The van der Waals surface area contributed by atoms with Crippen LogP contribution in [0.1, 0.15) is 26.3 Å². The molecule has 0 saturated carbocycles. The average Bonchev–Trinajstić information content (AvgIpc) is 3.47. The van der Waals surface area contributed by atoms with E-state index in [1.165, 1.54) is 0 Å². The molecule has 4 aromatic rings. The zero-order valence-electron chi connectivity index (χ0n) is 22.0. The summed E-state index contributed by atoms with van der Waals surface area (Å²) in [4.78, 5) is 25.2. The van der Waals surface area contributed by atoms with Crippen LogP contribution in [0.3, 0.4) is 0 Å². The van der Waals surface area contributed by atoms with E-state index in [2.05, 4.69) is 34.0 Å². The molecule has 10 heteroatoms. The van der Waals surface area contributed by atoms with Crippen molar-refractivity contribution in [1.82, 2.24) is 19.4 Å². The highest BCUT2D eigenvalue weighted by molar-refractivity contribution is 6.39. The zero-order valence-corrected chi connectivity index (χ0v) is 23.5. The molecule has 0 spiro atoms. The highest BCUT2D eigenvalue weighted by atomic mass is 35.5. The normalized spacial score (nSPS) is 15.3. The molecule has 1 fully saturated rings. The lowest BCUT2D eigenvalue weighted by Gasteiger charge is -2.19. The molecule has 0 unspecified atom stereocenters. The molecule has 1 aliphatic rings. The van der Waals surface area contributed by atoms with E-state index in [0.29, 0.717) is 58.4 Å². The summed E-state index contributed by atoms with van der Waals surface area (Å²) in [5, 5.41) is 4.88. The van der Waals surface area contributed by atoms with Crippen LogP contribution in [0.15, 0.2) is 59.7 Å². The van der Waals surface area contributed by atoms with Gasteiger partial charge in [-0.2, -0.15) is 0 Å². The largest absolute Gasteiger partial charge is 0.491 e. The standard InChI is InChI=1S/C29H31Cl2N5O3/c1-3-35(4-2)11-13-39-21-8-9-26(33-17-21)34-27-15-25-19(16-32-27)14-22(28-23(30)6-5-7-24(28)31)29(37)36(25)20-10-12-38-18-20/h5-9,14-17,20H,3-4,10-13,18H2,1-2H3,(H,32,33,34)/t20-/m1/s1. The lowest BCUT2D eigenvalue weighted by molar-refractivity contribution is 0.186. The number of pyridine rings is 3. The Morgan fingerprint density at radius 2 is 1.85 bits per heavy atom. The number of likely N-dealkylation sites (N-methyl/N-ethyl adjacent to an activating group) is 1. The van der Waals surface area contributed by atoms with E-state index in [4.69, 9.17) is 32.7 Å². The van der Waals surface area contributed by atoms with Crippen molar-refractivity contribution in [3.63, 3.8) is 0 Å². The summed E-state index contributed by atoms with van der Waals surface area (Å²) < 4.78 is 13.3. The first-order chi connectivity index (χ1) is 19.0. The molecule has 1 atom stereocenters. The average molecular weight is 569 g/mol. The summed E-state index contributed by atoms with van der Waals surface area (Å²) in [6.45, 7) is 8.79. The van der Waals surface area contributed by atoms with Crippen LogP contribution < -0.4 is 15.6 Å². The predicted octanol–water partition coefficient (Wildman–Crippen LogP) is 6.19. The van der Waals surface area contributed by atoms with Crippen molar-refractivity contribution < 1.29 is 9.47 Å². The summed E-state index contributed by atoms with van der Waals surface area (Å²) in [6, 6.07) is 12.5. The Morgan fingerprint density at radius 1 is 1.08 bits per heavy atom. The van der Waals surface area contributed by atoms with E-state index in [1.807, 2.05) is 18.2 Å². The molecule has 1 saturated heterocycles. The van der Waals surface area contributed by atoms with Gasteiger partial charge in [0.05, 0.1) is 40.0 Å². The number of ether oxygens (including phenoxy) is 2. The highest BCUT2D eigenvalue weighted by Crippen LogP contribution is 2.35. The van der Waals surface area contributed by atoms with Crippen molar-refractivity contribution in [3.8, 4) is 16.9 Å². The molecule has 0 aliphatic carbocycles. The van der Waals surface area contributed by atoms with Gasteiger partial charge in [0.1, 0.15) is 24.0 Å². The highest BCUT2D eigenvalue weighted by Gasteiger charge is 2.24. The van der Waals surface area contributed by atoms with E-state index < -0.39 is 0 Å². The number of benzene rings is 1. The number of hydrogen-bond donors (Lipinski definition) is 1. The second-order valence-electron chi connectivity index (χ2n) is 9.36. The minimum absolute atomic E-state index is 0.109. The molecule has 39 heavy (non-hydrogen) atoms. The molecule has 0 amide bonds. The molecule has 5 rings (SSSR count). The first kappa shape index (κ1) is 27.4. The van der Waals surface area contributed by atoms with Crippen molar-refractivity contribution in [2.75, 3.05) is 44.8 Å². The topological polar surface area (TPSA) is 81.5 Å². The first-order valence-corrected chi connectivity index (χ1v) is 13.9. The van der Waals surface area contributed by atoms with Crippen molar-refractivity contribution in [2.24, 2.45) is 0 Å². The van der Waals surface area contributed by atoms with Gasteiger partial charge in [-0.3, -0.25) is 4.79 Å². The van der Waals surface area contributed by atoms with E-state index in [0.717, 1.165) is 37.0 Å². The van der Waals surface area contributed by atoms with E-state index in [-0.39, 0.29) is 11.6 Å². The van der Waals surface area contributed by atoms with Crippen molar-refractivity contribution in [3.05, 3.63) is 75.3 Å². The van der Waals surface area contributed by atoms with Gasteiger partial charge in [-0.1, -0.05) is 43.1 Å². The van der Waals surface area contributed by atoms with Crippen molar-refractivity contribution in [2.45, 2.75) is 26.3 Å². The van der Waals surface area contributed by atoms with Crippen molar-refractivity contribution in [1.29, 1.82) is 0 Å². The Morgan fingerprint density at radius 3 is 2.51 bits per heavy atom. The number of nitrogens with zero attached hydrogens (tertiary/aromatic N) is 4. The third kappa shape index (κ3) is 6.04. The number of anilines is 2. The van der Waals surface area contributed by atoms with Gasteiger partial charge in [0.25, 0.3) is 5.56 Å². The molecular formula is C29H31Cl2N5O3. The van der Waals surface area contributed by atoms with Gasteiger partial charge < -0.3 is 24.3 Å². The molecule has 1 aromatic carbocycles. The fraction of sp³-hybridized carbons (Fsp3) is 0.345. The molecular weight excluding hydrogens is 537 g/mol. The van der Waals surface area contributed by atoms with Gasteiger partial charge >= 0.3 is 0 Å². The van der Waals surface area contributed by atoms with E-state index in [9.17, 15) is 4.79 Å². The smallest absolute Gasteiger partial charge is 0.259 e. The summed E-state index contributed by atoms with van der Waals surface area (Å²) in [7, 11) is 0. The Hall–Kier alpha value is -3.17. The van der Waals surface area contributed by atoms with Gasteiger partial charge in [-0.25, -0.2) is 9.97 Å². The maximum atomic E-state index is 13.9. The molecule has 1 aliphatic heterocycles. The molecule has 204 valence electrons. The van der Waals surface area contributed by atoms with Gasteiger partial charge in [-0.15, -0.1) is 0 Å². The van der Waals surface area contributed by atoms with Crippen LogP contribution in [0.5, 0.6) is 5.75 Å². The van der Waals surface area contributed by atoms with Gasteiger partial charge in [0, 0.05) is 36.4 Å². The number of fused-ring (bicyclic) bond motifs is 1. The van der Waals surface area contributed by atoms with Crippen LogP contribution in [0.2, 0.25) is 10.0 Å². The zero-order chi connectivity index (χ0) is 27.4. The maximum Gasteiger partial charge on any atom is 0.259 e. The number of aromatic nitrogens is 3. The van der Waals surface area contributed by atoms with Crippen LogP contribution in [0, 0.1) is 0 Å². The number of halogens is 2. The summed E-state index contributed by atoms with van der Waals surface area (Å²) in [6.07, 6.45) is 4.16. The fourth-order valence-electron chi connectivity index (χ4n) is 4.83. The third-order valence-corrected chi connectivity index (χ3v) is 7.62. The summed E-state index contributed by atoms with van der Waals surface area (Å²) in [5.74, 6) is 1.90. The third-order valence-electron chi connectivity index (χ3n) is 6.99. The minimum Gasteiger partial charge on any atom is -0.491 e. The molecule has 1 N–H and O–H groups in total. The lowest BCUT2D eigenvalue weighted by atomic mass is 10.0. The van der Waals surface area contributed by atoms with Crippen molar-refractivity contribution >= 4 is 45.7 Å². The molecule has 8 nitrogen and oxygen atoms in total. The maximum absolute atomic E-state index is 13.9. The Balaban J connectivity index is 1.44. The molecule has 0 radical (unpaired) electrons. The van der Waals surface area contributed by atoms with Gasteiger partial charge in [-0.05, 0) is 49.8 Å². The van der Waals surface area contributed by atoms with Crippen LogP contribution in [0.4, 0.5) is 11.6 Å². The fourth-order valence-corrected chi connectivity index (χ4v) is 5.43. The SMILES string of the molecule is CCN(CC)CCOc1ccc(Nc2cc3c(cn2)cc(-c2c(Cl)cccc2Cl)c(=O)n3[C@@H]2CCOC2)nc1. The monoisotopic (exact) mass is 567 g/mol. The second kappa shape index (κ2) is 12.3. The number of hydrogen-bond acceptors (Lipinski definition) is 7. The summed E-state index contributed by atoms with van der Waals surface area (Å²) in [5.41, 5.74) is 1.53. The molecule has 0 bridgehead atoms. The number of nitrogens with one attached hydrogen (secondary N) is 1. The van der Waals surface area contributed by atoms with Crippen LogP contribution in [0.25, 0.3) is 22.0 Å².